The average molecular weight is 178 g/mol. The minimum Gasteiger partial charge on any atom is -0.207 e. The molecule has 0 aliphatic carbocycles. The highest BCUT2D eigenvalue weighted by atomic mass is 19.1. The van der Waals surface area contributed by atoms with Crippen molar-refractivity contribution < 1.29 is 4.39 Å². The molecule has 0 unspecified atom stereocenters. The van der Waals surface area contributed by atoms with Crippen molar-refractivity contribution in [2.24, 2.45) is 0 Å². The fourth-order valence-electron chi connectivity index (χ4n) is 1.42. The van der Waals surface area contributed by atoms with Gasteiger partial charge in [0.2, 0.25) is 0 Å². The van der Waals surface area contributed by atoms with E-state index in [0.717, 1.165) is 12.0 Å². The Morgan fingerprint density at radius 2 is 2.15 bits per heavy atom. The van der Waals surface area contributed by atoms with Gasteiger partial charge in [-0.3, -0.25) is 0 Å². The van der Waals surface area contributed by atoms with Gasteiger partial charge in [0.25, 0.3) is 0 Å². The molecule has 0 saturated carbocycles. The molecule has 0 saturated heterocycles. The van der Waals surface area contributed by atoms with Crippen molar-refractivity contribution in [3.63, 3.8) is 0 Å². The third kappa shape index (κ3) is 2.18. The number of rotatable bonds is 2. The molecule has 0 aliphatic rings. The maximum Gasteiger partial charge on any atom is 0.126 e. The Hall–Kier alpha value is -1.11. The zero-order chi connectivity index (χ0) is 9.84. The first-order valence-corrected chi connectivity index (χ1v) is 4.60. The van der Waals surface area contributed by atoms with Crippen LogP contribution in [-0.2, 0) is 0 Å². The zero-order valence-electron chi connectivity index (χ0n) is 8.39. The number of hydrogen-bond donors (Lipinski definition) is 0. The molecular formula is C12H15F. The Kier molecular flexibility index (Phi) is 3.24. The van der Waals surface area contributed by atoms with Crippen LogP contribution in [0.1, 0.15) is 31.4 Å². The Labute approximate surface area is 79.1 Å². The number of halogens is 1. The lowest BCUT2D eigenvalue weighted by Crippen LogP contribution is -1.87. The van der Waals surface area contributed by atoms with E-state index in [1.807, 2.05) is 19.1 Å². The highest BCUT2D eigenvalue weighted by Crippen LogP contribution is 2.20. The molecule has 0 bridgehead atoms. The summed E-state index contributed by atoms with van der Waals surface area (Å²) in [4.78, 5) is 0. The van der Waals surface area contributed by atoms with Crippen LogP contribution in [0.5, 0.6) is 0 Å². The maximum absolute atomic E-state index is 13.0. The van der Waals surface area contributed by atoms with Crippen LogP contribution < -0.4 is 0 Å². The lowest BCUT2D eigenvalue weighted by atomic mass is 10.0. The van der Waals surface area contributed by atoms with Gasteiger partial charge < -0.3 is 0 Å². The highest BCUT2D eigenvalue weighted by molar-refractivity contribution is 5.65. The van der Waals surface area contributed by atoms with Gasteiger partial charge >= 0.3 is 0 Å². The van der Waals surface area contributed by atoms with E-state index in [2.05, 4.69) is 13.0 Å². The summed E-state index contributed by atoms with van der Waals surface area (Å²) in [6.45, 7) is 5.91. The molecule has 0 nitrogen and oxygen atoms in total. The SMILES string of the molecule is C/C=C(\CC)c1ccc(F)c(C)c1. The van der Waals surface area contributed by atoms with Crippen LogP contribution in [0.25, 0.3) is 5.57 Å². The van der Waals surface area contributed by atoms with Crippen molar-refractivity contribution in [2.75, 3.05) is 0 Å². The van der Waals surface area contributed by atoms with Crippen molar-refractivity contribution in [1.29, 1.82) is 0 Å². The minimum atomic E-state index is -0.129. The third-order valence-electron chi connectivity index (χ3n) is 2.26. The first-order valence-electron chi connectivity index (χ1n) is 4.60. The van der Waals surface area contributed by atoms with Crippen LogP contribution >= 0.6 is 0 Å². The summed E-state index contributed by atoms with van der Waals surface area (Å²) in [7, 11) is 0. The Morgan fingerprint density at radius 1 is 1.46 bits per heavy atom. The van der Waals surface area contributed by atoms with E-state index in [4.69, 9.17) is 0 Å². The molecule has 1 rings (SSSR count). The predicted molar refractivity (Wildman–Crippen MR) is 55.1 cm³/mol. The first kappa shape index (κ1) is 9.97. The quantitative estimate of drug-likeness (QED) is 0.643. The summed E-state index contributed by atoms with van der Waals surface area (Å²) in [6.07, 6.45) is 3.06. The third-order valence-corrected chi connectivity index (χ3v) is 2.26. The Bertz CT molecular complexity index is 324. The molecular weight excluding hydrogens is 163 g/mol. The molecule has 13 heavy (non-hydrogen) atoms. The van der Waals surface area contributed by atoms with Crippen molar-refractivity contribution >= 4 is 5.57 Å². The van der Waals surface area contributed by atoms with Gasteiger partial charge in [0.05, 0.1) is 0 Å². The van der Waals surface area contributed by atoms with E-state index < -0.39 is 0 Å². The Balaban J connectivity index is 3.10. The normalized spacial score (nSPS) is 11.8. The largest absolute Gasteiger partial charge is 0.207 e. The number of aryl methyl sites for hydroxylation is 1. The van der Waals surface area contributed by atoms with Gasteiger partial charge in [-0.25, -0.2) is 4.39 Å². The van der Waals surface area contributed by atoms with Gasteiger partial charge in [-0.1, -0.05) is 19.1 Å². The van der Waals surface area contributed by atoms with Crippen LogP contribution in [0.15, 0.2) is 24.3 Å². The van der Waals surface area contributed by atoms with Crippen molar-refractivity contribution in [2.45, 2.75) is 27.2 Å². The molecule has 1 heteroatoms. The molecule has 0 N–H and O–H groups in total. The molecule has 0 radical (unpaired) electrons. The van der Waals surface area contributed by atoms with Gasteiger partial charge in [-0.2, -0.15) is 0 Å². The molecule has 70 valence electrons. The van der Waals surface area contributed by atoms with E-state index in [-0.39, 0.29) is 5.82 Å². The molecule has 1 aromatic rings. The summed E-state index contributed by atoms with van der Waals surface area (Å²) >= 11 is 0. The van der Waals surface area contributed by atoms with Crippen molar-refractivity contribution in [1.82, 2.24) is 0 Å². The van der Waals surface area contributed by atoms with E-state index in [1.54, 1.807) is 6.92 Å². The fraction of sp³-hybridized carbons (Fsp3) is 0.333. The predicted octanol–water partition coefficient (Wildman–Crippen LogP) is 3.95. The Morgan fingerprint density at radius 3 is 2.62 bits per heavy atom. The fourth-order valence-corrected chi connectivity index (χ4v) is 1.42. The molecule has 0 aromatic heterocycles. The second-order valence-corrected chi connectivity index (χ2v) is 3.13. The van der Waals surface area contributed by atoms with Gasteiger partial charge in [-0.05, 0) is 49.1 Å². The second-order valence-electron chi connectivity index (χ2n) is 3.13. The smallest absolute Gasteiger partial charge is 0.126 e. The van der Waals surface area contributed by atoms with E-state index in [0.29, 0.717) is 5.56 Å². The lowest BCUT2D eigenvalue weighted by Gasteiger charge is -2.05. The first-order chi connectivity index (χ1) is 6.19. The highest BCUT2D eigenvalue weighted by Gasteiger charge is 2.01. The van der Waals surface area contributed by atoms with Crippen LogP contribution in [0.2, 0.25) is 0 Å². The topological polar surface area (TPSA) is 0 Å². The average Bonchev–Trinajstić information content (AvgIpc) is 2.13. The van der Waals surface area contributed by atoms with Crippen molar-refractivity contribution in [3.8, 4) is 0 Å². The summed E-state index contributed by atoms with van der Waals surface area (Å²) in [6, 6.07) is 5.26. The molecule has 0 spiro atoms. The monoisotopic (exact) mass is 178 g/mol. The molecule has 0 fully saturated rings. The zero-order valence-corrected chi connectivity index (χ0v) is 8.39. The van der Waals surface area contributed by atoms with Crippen LogP contribution in [0, 0.1) is 12.7 Å². The number of hydrogen-bond acceptors (Lipinski definition) is 0. The van der Waals surface area contributed by atoms with Crippen LogP contribution in [0.4, 0.5) is 4.39 Å². The summed E-state index contributed by atoms with van der Waals surface area (Å²) in [5.41, 5.74) is 3.11. The van der Waals surface area contributed by atoms with Crippen LogP contribution in [0.3, 0.4) is 0 Å². The molecule has 1 aromatic carbocycles. The van der Waals surface area contributed by atoms with E-state index in [9.17, 15) is 4.39 Å². The van der Waals surface area contributed by atoms with Crippen LogP contribution in [-0.4, -0.2) is 0 Å². The summed E-state index contributed by atoms with van der Waals surface area (Å²) < 4.78 is 13.0. The van der Waals surface area contributed by atoms with Crippen molar-refractivity contribution in [3.05, 3.63) is 41.2 Å². The number of allylic oxidation sites excluding steroid dienone is 2. The molecule has 0 atom stereocenters. The van der Waals surface area contributed by atoms with Gasteiger partial charge in [0.1, 0.15) is 5.82 Å². The van der Waals surface area contributed by atoms with Gasteiger partial charge in [0.15, 0.2) is 0 Å². The maximum atomic E-state index is 13.0. The van der Waals surface area contributed by atoms with E-state index >= 15 is 0 Å². The second kappa shape index (κ2) is 4.22. The summed E-state index contributed by atoms with van der Waals surface area (Å²) in [5.74, 6) is -0.129. The molecule has 0 amide bonds. The van der Waals surface area contributed by atoms with E-state index in [1.165, 1.54) is 11.6 Å². The number of benzene rings is 1. The summed E-state index contributed by atoms with van der Waals surface area (Å²) in [5, 5.41) is 0. The van der Waals surface area contributed by atoms with Gasteiger partial charge in [0, 0.05) is 0 Å². The van der Waals surface area contributed by atoms with Gasteiger partial charge in [-0.15, -0.1) is 0 Å². The lowest BCUT2D eigenvalue weighted by molar-refractivity contribution is 0.618. The molecule has 0 aliphatic heterocycles. The standard InChI is InChI=1S/C12H15F/c1-4-10(5-2)11-6-7-12(13)9(3)8-11/h4,6-8H,5H2,1-3H3/b10-4+. The minimum absolute atomic E-state index is 0.129. The molecule has 0 heterocycles.